The summed E-state index contributed by atoms with van der Waals surface area (Å²) >= 11 is 0. The molecule has 1 aromatic carbocycles. The molecule has 12 nitrogen and oxygen atoms in total. The van der Waals surface area contributed by atoms with Gasteiger partial charge in [0.15, 0.2) is 29.0 Å². The summed E-state index contributed by atoms with van der Waals surface area (Å²) in [6, 6.07) is 8.82. The Kier molecular flexibility index (Phi) is 4.98. The van der Waals surface area contributed by atoms with Crippen molar-refractivity contribution in [3.05, 3.63) is 59.0 Å². The van der Waals surface area contributed by atoms with E-state index < -0.39 is 30.3 Å². The van der Waals surface area contributed by atoms with Crippen LogP contribution in [0.2, 0.25) is 0 Å². The number of hydrogen-bond donors (Lipinski definition) is 1. The molecular weight excluding hydrogens is 416 g/mol. The Balaban J connectivity index is 1.47. The lowest BCUT2D eigenvalue weighted by atomic mass is 10.1. The minimum absolute atomic E-state index is 0.105. The molecule has 4 heterocycles. The van der Waals surface area contributed by atoms with Crippen LogP contribution < -0.4 is 5.32 Å². The second-order valence-corrected chi connectivity index (χ2v) is 7.91. The molecule has 12 heteroatoms. The van der Waals surface area contributed by atoms with Crippen molar-refractivity contribution in [2.75, 3.05) is 11.9 Å². The van der Waals surface area contributed by atoms with Gasteiger partial charge in [0.05, 0.1) is 19.0 Å². The molecule has 0 aliphatic carbocycles. The average molecular weight is 436 g/mol. The van der Waals surface area contributed by atoms with Crippen molar-refractivity contribution in [2.45, 2.75) is 44.2 Å². The van der Waals surface area contributed by atoms with Gasteiger partial charge in [-0.25, -0.2) is 15.0 Å². The molecule has 5 rings (SSSR count). The number of nitrogens with one attached hydrogen (secondary N) is 1. The Morgan fingerprint density at radius 1 is 1.22 bits per heavy atom. The predicted octanol–water partition coefficient (Wildman–Crippen LogP) is 2.81. The van der Waals surface area contributed by atoms with Crippen LogP contribution in [0.1, 0.15) is 30.4 Å². The number of ether oxygens (including phenoxy) is 3. The first-order valence-corrected chi connectivity index (χ1v) is 10.0. The highest BCUT2D eigenvalue weighted by Crippen LogP contribution is 2.44. The minimum atomic E-state index is -0.813. The number of rotatable bonds is 5. The highest BCUT2D eigenvalue weighted by Gasteiger charge is 2.55. The first-order valence-electron chi connectivity index (χ1n) is 10.0. The van der Waals surface area contributed by atoms with Gasteiger partial charge in [-0.15, -0.1) is 0 Å². The van der Waals surface area contributed by atoms with Gasteiger partial charge in [0, 0.05) is 10.5 Å². The van der Waals surface area contributed by atoms with E-state index in [1.54, 1.807) is 35.2 Å². The molecule has 2 saturated heterocycles. The second kappa shape index (κ2) is 7.84. The van der Waals surface area contributed by atoms with Crippen LogP contribution in [-0.2, 0) is 14.2 Å². The van der Waals surface area contributed by atoms with Crippen LogP contribution in [0, 0.1) is 0 Å². The number of benzene rings is 1. The molecule has 3 aromatic rings. The molecular formula is C20H20N8O4. The first-order chi connectivity index (χ1) is 15.5. The quantitative estimate of drug-likeness (QED) is 0.367. The zero-order valence-corrected chi connectivity index (χ0v) is 17.3. The van der Waals surface area contributed by atoms with Crippen LogP contribution in [0.3, 0.4) is 0 Å². The molecule has 0 spiro atoms. The summed E-state index contributed by atoms with van der Waals surface area (Å²) in [5.74, 6) is -0.834. The fraction of sp³-hybridized carbons (Fsp3) is 0.400. The minimum Gasteiger partial charge on any atom is -0.349 e. The molecule has 0 radical (unpaired) electrons. The summed E-state index contributed by atoms with van der Waals surface area (Å²) in [6.45, 7) is 3.74. The Hall–Kier alpha value is -3.57. The van der Waals surface area contributed by atoms with Gasteiger partial charge in [0.1, 0.15) is 18.5 Å². The number of nitrogens with zero attached hydrogens (tertiary/aromatic N) is 7. The van der Waals surface area contributed by atoms with Crippen molar-refractivity contribution < 1.29 is 19.0 Å². The van der Waals surface area contributed by atoms with Gasteiger partial charge in [0.2, 0.25) is 0 Å². The van der Waals surface area contributed by atoms with Crippen molar-refractivity contribution >= 4 is 22.9 Å². The van der Waals surface area contributed by atoms with Crippen LogP contribution in [0.4, 0.5) is 5.82 Å². The molecule has 164 valence electrons. The maximum atomic E-state index is 12.6. The van der Waals surface area contributed by atoms with Crippen molar-refractivity contribution in [3.63, 3.8) is 0 Å². The number of carbonyl (C=O) groups excluding carboxylic acids is 1. The number of aromatic nitrogens is 4. The summed E-state index contributed by atoms with van der Waals surface area (Å²) in [6.07, 6.45) is 0.929. The zero-order valence-electron chi connectivity index (χ0n) is 17.3. The van der Waals surface area contributed by atoms with Crippen LogP contribution in [-0.4, -0.2) is 56.1 Å². The van der Waals surface area contributed by atoms with E-state index in [0.29, 0.717) is 16.7 Å². The second-order valence-electron chi connectivity index (χ2n) is 7.91. The molecule has 2 aromatic heterocycles. The fourth-order valence-corrected chi connectivity index (χ4v) is 4.05. The number of azide groups is 1. The highest BCUT2D eigenvalue weighted by molar-refractivity contribution is 6.06. The average Bonchev–Trinajstić information content (AvgIpc) is 3.44. The fourth-order valence-electron chi connectivity index (χ4n) is 4.05. The van der Waals surface area contributed by atoms with Crippen molar-refractivity contribution in [2.24, 2.45) is 5.11 Å². The summed E-state index contributed by atoms with van der Waals surface area (Å²) in [7, 11) is 0. The lowest BCUT2D eigenvalue weighted by Crippen LogP contribution is -2.31. The van der Waals surface area contributed by atoms with E-state index in [0.717, 1.165) is 0 Å². The number of imidazole rings is 1. The Morgan fingerprint density at radius 3 is 2.78 bits per heavy atom. The van der Waals surface area contributed by atoms with E-state index in [1.165, 1.54) is 6.33 Å². The summed E-state index contributed by atoms with van der Waals surface area (Å²) in [4.78, 5) is 28.3. The molecule has 0 bridgehead atoms. The Labute approximate surface area is 182 Å². The van der Waals surface area contributed by atoms with E-state index in [2.05, 4.69) is 30.3 Å². The molecule has 2 fully saturated rings. The van der Waals surface area contributed by atoms with Crippen LogP contribution in [0.5, 0.6) is 0 Å². The van der Waals surface area contributed by atoms with E-state index in [4.69, 9.17) is 19.7 Å². The first kappa shape index (κ1) is 20.3. The van der Waals surface area contributed by atoms with E-state index >= 15 is 0 Å². The number of amides is 1. The van der Waals surface area contributed by atoms with Gasteiger partial charge in [-0.05, 0) is 31.5 Å². The standard InChI is InChI=1S/C20H20N8O4/c1-20(2)31-14-12(8-25-27-21)30-19(15(14)32-20)28-10-24-13-16(22-9-23-17(13)28)26-18(29)11-6-4-3-5-7-11/h3-7,9-10,12,14-15,19H,8H2,1-2H3,(H,22,23,26,29)/t12-,14+,15?,19-/m1/s1. The number of fused-ring (bicyclic) bond motifs is 2. The molecule has 1 amide bonds. The Bertz CT molecular complexity index is 1210. The van der Waals surface area contributed by atoms with E-state index in [1.807, 2.05) is 19.9 Å². The lowest BCUT2D eigenvalue weighted by Gasteiger charge is -2.24. The predicted molar refractivity (Wildman–Crippen MR) is 111 cm³/mol. The van der Waals surface area contributed by atoms with Crippen molar-refractivity contribution in [1.29, 1.82) is 0 Å². The number of hydrogen-bond acceptors (Lipinski definition) is 8. The van der Waals surface area contributed by atoms with Crippen LogP contribution in [0.25, 0.3) is 21.6 Å². The van der Waals surface area contributed by atoms with E-state index in [-0.39, 0.29) is 18.3 Å². The number of carbonyl (C=O) groups is 1. The maximum absolute atomic E-state index is 12.6. The van der Waals surface area contributed by atoms with Crippen molar-refractivity contribution in [3.8, 4) is 0 Å². The zero-order chi connectivity index (χ0) is 22.3. The monoisotopic (exact) mass is 436 g/mol. The van der Waals surface area contributed by atoms with Crippen molar-refractivity contribution in [1.82, 2.24) is 19.5 Å². The molecule has 32 heavy (non-hydrogen) atoms. The lowest BCUT2D eigenvalue weighted by molar-refractivity contribution is -0.195. The summed E-state index contributed by atoms with van der Waals surface area (Å²) < 4.78 is 19.9. The largest absolute Gasteiger partial charge is 0.349 e. The smallest absolute Gasteiger partial charge is 0.256 e. The van der Waals surface area contributed by atoms with Crippen LogP contribution in [0.15, 0.2) is 48.1 Å². The molecule has 1 N–H and O–H groups in total. The summed E-state index contributed by atoms with van der Waals surface area (Å²) in [5.41, 5.74) is 10.1. The van der Waals surface area contributed by atoms with Gasteiger partial charge >= 0.3 is 0 Å². The molecule has 2 aliphatic rings. The van der Waals surface area contributed by atoms with Gasteiger partial charge in [-0.2, -0.15) is 0 Å². The normalized spacial score (nSPS) is 25.9. The van der Waals surface area contributed by atoms with E-state index in [9.17, 15) is 4.79 Å². The Morgan fingerprint density at radius 2 is 2.00 bits per heavy atom. The number of anilines is 1. The molecule has 4 atom stereocenters. The van der Waals surface area contributed by atoms with Gasteiger partial charge in [-0.1, -0.05) is 23.3 Å². The third-order valence-electron chi connectivity index (χ3n) is 5.35. The van der Waals surface area contributed by atoms with Crippen LogP contribution >= 0.6 is 0 Å². The van der Waals surface area contributed by atoms with Gasteiger partial charge < -0.3 is 19.5 Å². The summed E-state index contributed by atoms with van der Waals surface area (Å²) in [5, 5.41) is 6.42. The molecule has 2 aliphatic heterocycles. The third-order valence-corrected chi connectivity index (χ3v) is 5.35. The molecule has 1 unspecified atom stereocenters. The maximum Gasteiger partial charge on any atom is 0.256 e. The third kappa shape index (κ3) is 3.55. The highest BCUT2D eigenvalue weighted by atomic mass is 16.8. The molecule has 0 saturated carbocycles. The topological polar surface area (TPSA) is 149 Å². The SMILES string of the molecule is CC1(C)OC2[C@@H](O1)[C@@H](CN=[N+]=[N-])O[C@H]2n1cnc2c(NC(=O)c3ccccc3)ncnc21. The van der Waals surface area contributed by atoms with Gasteiger partial charge in [-0.3, -0.25) is 9.36 Å². The van der Waals surface area contributed by atoms with Gasteiger partial charge in [0.25, 0.3) is 5.91 Å².